The zero-order valence-corrected chi connectivity index (χ0v) is 13.3. The highest BCUT2D eigenvalue weighted by atomic mass is 33.1. The third-order valence-electron chi connectivity index (χ3n) is 3.12. The summed E-state index contributed by atoms with van der Waals surface area (Å²) in [5.74, 6) is -0.523. The number of aromatic amines is 1. The number of aromatic nitrogens is 1. The minimum atomic E-state index is -0.523. The van der Waals surface area contributed by atoms with Gasteiger partial charge in [-0.3, -0.25) is 4.79 Å². The molecule has 106 valence electrons. The number of H-pyrrole nitrogens is 1. The van der Waals surface area contributed by atoms with Crippen LogP contribution >= 0.6 is 21.6 Å². The molecule has 4 nitrogen and oxygen atoms in total. The zero-order chi connectivity index (χ0) is 14.9. The minimum Gasteiger partial charge on any atom is -0.464 e. The number of ether oxygens (including phenoxy) is 1. The fourth-order valence-corrected chi connectivity index (χ4v) is 3.33. The maximum Gasteiger partial charge on any atom is 0.355 e. The van der Waals surface area contributed by atoms with E-state index in [0.717, 1.165) is 32.8 Å². The average molecular weight is 309 g/mol. The first-order chi connectivity index (χ1) is 9.51. The number of rotatable bonds is 3. The molecular weight excluding hydrogens is 294 g/mol. The lowest BCUT2D eigenvalue weighted by Gasteiger charge is -2.03. The summed E-state index contributed by atoms with van der Waals surface area (Å²) in [6, 6.07) is 3.91. The lowest BCUT2D eigenvalue weighted by molar-refractivity contribution is 0.0592. The summed E-state index contributed by atoms with van der Waals surface area (Å²) in [7, 11) is 3.78. The number of esters is 1. The topological polar surface area (TPSA) is 59.2 Å². The molecule has 1 heterocycles. The summed E-state index contributed by atoms with van der Waals surface area (Å²) in [4.78, 5) is 27.3. The Bertz CT molecular complexity index is 691. The summed E-state index contributed by atoms with van der Waals surface area (Å²) in [5.41, 5.74) is 3.40. The first-order valence-electron chi connectivity index (χ1n) is 5.96. The van der Waals surface area contributed by atoms with Crippen molar-refractivity contribution < 1.29 is 14.3 Å². The predicted octanol–water partition coefficient (Wildman–Crippen LogP) is 3.72. The number of nitrogens with one attached hydrogen (secondary N) is 1. The van der Waals surface area contributed by atoms with Crippen LogP contribution in [0.4, 0.5) is 0 Å². The van der Waals surface area contributed by atoms with Gasteiger partial charge in [-0.15, -0.1) is 0 Å². The smallest absolute Gasteiger partial charge is 0.355 e. The third-order valence-corrected chi connectivity index (χ3v) is 4.60. The number of carbonyl (C=O) groups excluding carboxylic acids is 2. The number of hydrogen-bond donors (Lipinski definition) is 1. The molecule has 0 unspecified atom stereocenters. The van der Waals surface area contributed by atoms with E-state index in [4.69, 9.17) is 4.74 Å². The second-order valence-corrected chi connectivity index (χ2v) is 6.72. The van der Waals surface area contributed by atoms with E-state index in [1.165, 1.54) is 17.9 Å². The van der Waals surface area contributed by atoms with Crippen LogP contribution in [0.25, 0.3) is 10.9 Å². The molecule has 1 N–H and O–H groups in total. The second-order valence-electron chi connectivity index (χ2n) is 4.35. The number of methoxy groups -OCH3 is 1. The van der Waals surface area contributed by atoms with Crippen LogP contribution in [0.3, 0.4) is 0 Å². The fraction of sp³-hybridized carbons (Fsp3) is 0.286. The molecule has 0 spiro atoms. The molecule has 2 aromatic rings. The van der Waals surface area contributed by atoms with Crippen LogP contribution in [-0.4, -0.2) is 29.4 Å². The van der Waals surface area contributed by atoms with Crippen LogP contribution in [0.15, 0.2) is 12.1 Å². The standard InChI is InChI=1S/C14H15NO3S2/c1-7-5-6-8(2)11-9(7)10(14(17)20-19-4)12(15-11)13(16)18-3/h5-6,15H,1-4H3. The van der Waals surface area contributed by atoms with Crippen molar-refractivity contribution in [1.29, 1.82) is 0 Å². The maximum absolute atomic E-state index is 12.3. The number of carbonyl (C=O) groups is 2. The summed E-state index contributed by atoms with van der Waals surface area (Å²) >= 11 is 0. The highest BCUT2D eigenvalue weighted by Crippen LogP contribution is 2.33. The summed E-state index contributed by atoms with van der Waals surface area (Å²) in [6.45, 7) is 3.87. The van der Waals surface area contributed by atoms with Gasteiger partial charge in [-0.2, -0.15) is 0 Å². The van der Waals surface area contributed by atoms with Crippen LogP contribution in [0.2, 0.25) is 0 Å². The highest BCUT2D eigenvalue weighted by Gasteiger charge is 2.25. The molecule has 2 rings (SSSR count). The SMILES string of the molecule is COC(=O)c1[nH]c2c(C)ccc(C)c2c1C(=O)SSC. The molecule has 0 amide bonds. The van der Waals surface area contributed by atoms with E-state index in [-0.39, 0.29) is 10.8 Å². The number of fused-ring (bicyclic) bond motifs is 1. The first-order valence-corrected chi connectivity index (χ1v) is 8.52. The lowest BCUT2D eigenvalue weighted by atomic mass is 10.0. The molecule has 0 bridgehead atoms. The quantitative estimate of drug-likeness (QED) is 0.691. The fourth-order valence-electron chi connectivity index (χ4n) is 2.18. The number of hydrogen-bond acceptors (Lipinski definition) is 5. The Labute approximate surface area is 125 Å². The molecule has 0 radical (unpaired) electrons. The van der Waals surface area contributed by atoms with Crippen LogP contribution < -0.4 is 0 Å². The van der Waals surface area contributed by atoms with E-state index in [2.05, 4.69) is 4.98 Å². The van der Waals surface area contributed by atoms with Gasteiger partial charge in [0.05, 0.1) is 18.2 Å². The van der Waals surface area contributed by atoms with Crippen molar-refractivity contribution in [2.24, 2.45) is 0 Å². The third kappa shape index (κ3) is 2.45. The number of aryl methyl sites for hydroxylation is 2. The summed E-state index contributed by atoms with van der Waals surface area (Å²) in [6.07, 6.45) is 1.83. The van der Waals surface area contributed by atoms with Crippen LogP contribution in [0, 0.1) is 13.8 Å². The maximum atomic E-state index is 12.3. The van der Waals surface area contributed by atoms with Crippen molar-refractivity contribution in [2.45, 2.75) is 13.8 Å². The molecule has 0 aliphatic carbocycles. The van der Waals surface area contributed by atoms with Crippen LogP contribution in [0.5, 0.6) is 0 Å². The first kappa shape index (κ1) is 15.0. The van der Waals surface area contributed by atoms with Gasteiger partial charge >= 0.3 is 5.97 Å². The second kappa shape index (κ2) is 5.93. The van der Waals surface area contributed by atoms with Crippen LogP contribution in [-0.2, 0) is 4.74 Å². The lowest BCUT2D eigenvalue weighted by Crippen LogP contribution is -2.07. The van der Waals surface area contributed by atoms with E-state index in [9.17, 15) is 9.59 Å². The molecule has 0 atom stereocenters. The van der Waals surface area contributed by atoms with Gasteiger partial charge in [-0.05, 0) is 42.0 Å². The molecule has 1 aromatic heterocycles. The zero-order valence-electron chi connectivity index (χ0n) is 11.7. The van der Waals surface area contributed by atoms with Crippen molar-refractivity contribution >= 4 is 43.6 Å². The Morgan fingerprint density at radius 1 is 1.20 bits per heavy atom. The van der Waals surface area contributed by atoms with Gasteiger partial charge in [0.15, 0.2) is 0 Å². The Morgan fingerprint density at radius 2 is 1.85 bits per heavy atom. The normalized spacial score (nSPS) is 10.8. The average Bonchev–Trinajstić information content (AvgIpc) is 2.84. The van der Waals surface area contributed by atoms with Gasteiger partial charge < -0.3 is 9.72 Å². The molecule has 1 aromatic carbocycles. The Balaban J connectivity index is 2.81. The molecule has 0 saturated carbocycles. The number of benzene rings is 1. The van der Waals surface area contributed by atoms with E-state index in [1.807, 2.05) is 32.2 Å². The molecule has 20 heavy (non-hydrogen) atoms. The molecular formula is C14H15NO3S2. The highest BCUT2D eigenvalue weighted by molar-refractivity contribution is 8.82. The van der Waals surface area contributed by atoms with Gasteiger partial charge in [-0.1, -0.05) is 22.9 Å². The van der Waals surface area contributed by atoms with Crippen molar-refractivity contribution in [2.75, 3.05) is 13.4 Å². The van der Waals surface area contributed by atoms with Crippen molar-refractivity contribution in [3.05, 3.63) is 34.5 Å². The van der Waals surface area contributed by atoms with Crippen molar-refractivity contribution in [3.63, 3.8) is 0 Å². The summed E-state index contributed by atoms with van der Waals surface area (Å²) < 4.78 is 4.78. The largest absolute Gasteiger partial charge is 0.464 e. The van der Waals surface area contributed by atoms with Gasteiger partial charge in [-0.25, -0.2) is 4.79 Å². The Morgan fingerprint density at radius 3 is 2.45 bits per heavy atom. The molecule has 0 aliphatic rings. The van der Waals surface area contributed by atoms with Gasteiger partial charge in [0, 0.05) is 5.39 Å². The predicted molar refractivity (Wildman–Crippen MR) is 84.5 cm³/mol. The summed E-state index contributed by atoms with van der Waals surface area (Å²) in [5, 5.41) is 0.662. The van der Waals surface area contributed by atoms with E-state index < -0.39 is 5.97 Å². The molecule has 0 aliphatic heterocycles. The Kier molecular flexibility index (Phi) is 4.45. The molecule has 0 saturated heterocycles. The molecule has 6 heteroatoms. The molecule has 0 fully saturated rings. The van der Waals surface area contributed by atoms with Gasteiger partial charge in [0.25, 0.3) is 0 Å². The van der Waals surface area contributed by atoms with E-state index in [1.54, 1.807) is 0 Å². The van der Waals surface area contributed by atoms with Crippen LogP contribution in [0.1, 0.15) is 32.0 Å². The van der Waals surface area contributed by atoms with E-state index >= 15 is 0 Å². The van der Waals surface area contributed by atoms with Gasteiger partial charge in [0.2, 0.25) is 5.12 Å². The van der Waals surface area contributed by atoms with E-state index in [0.29, 0.717) is 5.56 Å². The van der Waals surface area contributed by atoms with Crippen molar-refractivity contribution in [3.8, 4) is 0 Å². The van der Waals surface area contributed by atoms with Gasteiger partial charge in [0.1, 0.15) is 5.69 Å². The minimum absolute atomic E-state index is 0.141. The Hall–Kier alpha value is -1.40. The monoisotopic (exact) mass is 309 g/mol. The van der Waals surface area contributed by atoms with Crippen molar-refractivity contribution in [1.82, 2.24) is 4.98 Å².